The predicted octanol–water partition coefficient (Wildman–Crippen LogP) is 14.0. The predicted molar refractivity (Wildman–Crippen MR) is 254 cm³/mol. The summed E-state index contributed by atoms with van der Waals surface area (Å²) in [6, 6.07) is 1.79. The van der Waals surface area contributed by atoms with Crippen LogP contribution in [0.25, 0.3) is 0 Å². The fraction of sp³-hybridized carbons (Fsp3) is 0.882. The van der Waals surface area contributed by atoms with Gasteiger partial charge in [-0.05, 0) is 103 Å². The van der Waals surface area contributed by atoms with Crippen molar-refractivity contribution >= 4 is 17.8 Å². The molecule has 60 heavy (non-hydrogen) atoms. The van der Waals surface area contributed by atoms with Crippen molar-refractivity contribution in [2.45, 2.75) is 265 Å². The molecule has 0 spiro atoms. The molecule has 350 valence electrons. The Balaban J connectivity index is 2.37. The first-order valence-corrected chi connectivity index (χ1v) is 25.8. The molecular weight excluding hydrogens is 749 g/mol. The Bertz CT molecular complexity index is 1150. The zero-order valence-corrected chi connectivity index (χ0v) is 39.8. The Kier molecular flexibility index (Phi) is 38.8. The molecular formula is C51H96N4O5. The van der Waals surface area contributed by atoms with Gasteiger partial charge < -0.3 is 24.7 Å². The van der Waals surface area contributed by atoms with Gasteiger partial charge >= 0.3 is 17.6 Å². The number of H-pyrrole nitrogens is 1. The molecule has 2 N–H and O–H groups in total. The average molecular weight is 845 g/mol. The van der Waals surface area contributed by atoms with E-state index in [1.165, 1.54) is 122 Å². The Hall–Kier alpha value is -2.42. The first kappa shape index (κ1) is 55.6. The van der Waals surface area contributed by atoms with Crippen LogP contribution in [0.5, 0.6) is 0 Å². The lowest BCUT2D eigenvalue weighted by molar-refractivity contribution is -0.150. The molecule has 0 aromatic carbocycles. The second-order valence-electron chi connectivity index (χ2n) is 17.7. The summed E-state index contributed by atoms with van der Waals surface area (Å²) in [7, 11) is 0. The number of anilines is 1. The maximum atomic E-state index is 12.9. The summed E-state index contributed by atoms with van der Waals surface area (Å²) in [5.41, 5.74) is -0.333. The zero-order valence-electron chi connectivity index (χ0n) is 39.8. The van der Waals surface area contributed by atoms with Crippen LogP contribution in [0.2, 0.25) is 0 Å². The van der Waals surface area contributed by atoms with Crippen molar-refractivity contribution in [3.05, 3.63) is 22.7 Å². The van der Waals surface area contributed by atoms with E-state index < -0.39 is 0 Å². The number of esters is 2. The van der Waals surface area contributed by atoms with Gasteiger partial charge in [-0.2, -0.15) is 4.98 Å². The van der Waals surface area contributed by atoms with E-state index in [0.29, 0.717) is 18.7 Å². The molecule has 1 heterocycles. The number of nitrogens with zero attached hydrogens (tertiary/aromatic N) is 2. The van der Waals surface area contributed by atoms with Crippen LogP contribution in [0.3, 0.4) is 0 Å². The highest BCUT2D eigenvalue weighted by molar-refractivity contribution is 5.69. The van der Waals surface area contributed by atoms with Crippen molar-refractivity contribution in [1.82, 2.24) is 14.9 Å². The second kappa shape index (κ2) is 41.9. The molecule has 0 bridgehead atoms. The van der Waals surface area contributed by atoms with Crippen LogP contribution >= 0.6 is 0 Å². The van der Waals surface area contributed by atoms with E-state index in [1.54, 1.807) is 12.3 Å². The maximum absolute atomic E-state index is 12.9. The number of ether oxygens (including phenoxy) is 2. The molecule has 1 rings (SSSR count). The average Bonchev–Trinajstić information content (AvgIpc) is 3.24. The molecule has 1 unspecified atom stereocenters. The minimum Gasteiger partial charge on any atom is -0.462 e. The Morgan fingerprint density at radius 2 is 0.950 bits per heavy atom. The quantitative estimate of drug-likeness (QED) is 0.0493. The van der Waals surface area contributed by atoms with Gasteiger partial charge in [0.15, 0.2) is 0 Å². The molecule has 0 aliphatic rings. The van der Waals surface area contributed by atoms with Crippen LogP contribution in [0.15, 0.2) is 17.1 Å². The molecule has 9 nitrogen and oxygen atoms in total. The largest absolute Gasteiger partial charge is 0.462 e. The van der Waals surface area contributed by atoms with Crippen LogP contribution in [-0.2, 0) is 19.1 Å². The van der Waals surface area contributed by atoms with Crippen molar-refractivity contribution in [1.29, 1.82) is 0 Å². The van der Waals surface area contributed by atoms with Crippen LogP contribution < -0.4 is 11.0 Å². The van der Waals surface area contributed by atoms with E-state index in [0.717, 1.165) is 116 Å². The number of aromatic nitrogens is 2. The number of carbonyl (C=O) groups excluding carboxylic acids is 2. The molecule has 9 heteroatoms. The van der Waals surface area contributed by atoms with Crippen molar-refractivity contribution in [3.63, 3.8) is 0 Å². The first-order chi connectivity index (χ1) is 29.4. The lowest BCUT2D eigenvalue weighted by Gasteiger charge is -2.22. The normalized spacial score (nSPS) is 12.0. The van der Waals surface area contributed by atoms with Gasteiger partial charge in [-0.1, -0.05) is 163 Å². The van der Waals surface area contributed by atoms with Gasteiger partial charge in [0.2, 0.25) is 0 Å². The van der Waals surface area contributed by atoms with Gasteiger partial charge in [0, 0.05) is 25.6 Å². The molecule has 0 radical (unpaired) electrons. The molecule has 0 fully saturated rings. The van der Waals surface area contributed by atoms with Gasteiger partial charge in [0.05, 0.1) is 0 Å². The van der Waals surface area contributed by atoms with Crippen LogP contribution in [-0.4, -0.2) is 65.2 Å². The van der Waals surface area contributed by atoms with E-state index in [2.05, 4.69) is 47.9 Å². The maximum Gasteiger partial charge on any atom is 0.346 e. The summed E-state index contributed by atoms with van der Waals surface area (Å²) in [5, 5.41) is 3.29. The lowest BCUT2D eigenvalue weighted by Crippen LogP contribution is -2.28. The summed E-state index contributed by atoms with van der Waals surface area (Å²) in [6.07, 6.45) is 41.7. The fourth-order valence-corrected chi connectivity index (χ4v) is 8.15. The first-order valence-electron chi connectivity index (χ1n) is 25.8. The highest BCUT2D eigenvalue weighted by Crippen LogP contribution is 2.19. The number of rotatable bonds is 45. The summed E-state index contributed by atoms with van der Waals surface area (Å²) in [5.74, 6) is 0.609. The van der Waals surface area contributed by atoms with Crippen molar-refractivity contribution in [2.75, 3.05) is 31.5 Å². The summed E-state index contributed by atoms with van der Waals surface area (Å²) >= 11 is 0. The number of hydrogen-bond donors (Lipinski definition) is 2. The molecule has 0 aliphatic carbocycles. The van der Waals surface area contributed by atoms with Crippen molar-refractivity contribution in [3.8, 4) is 0 Å². The van der Waals surface area contributed by atoms with Gasteiger partial charge in [-0.3, -0.25) is 9.59 Å². The molecule has 1 aromatic rings. The molecule has 0 amide bonds. The molecule has 0 saturated carbocycles. The summed E-state index contributed by atoms with van der Waals surface area (Å²) in [6.45, 7) is 12.8. The SMILES string of the molecule is CCCCCCCCC(CC)OC(=O)CCCCCCCN(CCCCCCCC(=O)OC(CCCCCCCC)CCCCCCCC)CCCNc1cc[nH]c(=O)n1. The molecule has 0 saturated heterocycles. The van der Waals surface area contributed by atoms with Gasteiger partial charge in [0.25, 0.3) is 0 Å². The van der Waals surface area contributed by atoms with E-state index >= 15 is 0 Å². The Morgan fingerprint density at radius 1 is 0.550 bits per heavy atom. The number of unbranched alkanes of at least 4 members (excludes halogenated alkanes) is 23. The van der Waals surface area contributed by atoms with E-state index in [4.69, 9.17) is 9.47 Å². The van der Waals surface area contributed by atoms with Crippen molar-refractivity contribution in [2.24, 2.45) is 0 Å². The van der Waals surface area contributed by atoms with E-state index in [1.807, 2.05) is 0 Å². The van der Waals surface area contributed by atoms with E-state index in [-0.39, 0.29) is 29.8 Å². The van der Waals surface area contributed by atoms with Gasteiger partial charge in [-0.15, -0.1) is 0 Å². The minimum absolute atomic E-state index is 0.0101. The number of nitrogens with one attached hydrogen (secondary N) is 2. The topological polar surface area (TPSA) is 114 Å². The summed E-state index contributed by atoms with van der Waals surface area (Å²) < 4.78 is 11.9. The smallest absolute Gasteiger partial charge is 0.346 e. The van der Waals surface area contributed by atoms with Gasteiger partial charge in [0.1, 0.15) is 18.0 Å². The van der Waals surface area contributed by atoms with Crippen LogP contribution in [0.4, 0.5) is 5.82 Å². The van der Waals surface area contributed by atoms with Gasteiger partial charge in [-0.25, -0.2) is 4.79 Å². The Labute approximate surface area is 369 Å². The van der Waals surface area contributed by atoms with Crippen molar-refractivity contribution < 1.29 is 19.1 Å². The minimum atomic E-state index is -0.333. The monoisotopic (exact) mass is 845 g/mol. The number of aromatic amines is 1. The number of carbonyl (C=O) groups is 2. The standard InChI is InChI=1S/C51H96N4O5/c1-5-9-12-15-20-27-35-46(8-4)59-49(56)38-30-23-18-25-32-43-55(45-34-41-52-48-40-42-53-51(58)54-48)44-33-26-19-24-31-39-50(57)60-47(36-28-21-16-13-10-6-2)37-29-22-17-14-11-7-3/h40,42,46-47H,5-39,41,43-45H2,1-4H3,(H2,52,53,54,58). The van der Waals surface area contributed by atoms with Crippen LogP contribution in [0, 0.1) is 0 Å². The second-order valence-corrected chi connectivity index (χ2v) is 17.7. The third kappa shape index (κ3) is 35.2. The summed E-state index contributed by atoms with van der Waals surface area (Å²) in [4.78, 5) is 46.1. The highest BCUT2D eigenvalue weighted by Gasteiger charge is 2.15. The highest BCUT2D eigenvalue weighted by atomic mass is 16.5. The van der Waals surface area contributed by atoms with E-state index in [9.17, 15) is 14.4 Å². The fourth-order valence-electron chi connectivity index (χ4n) is 8.15. The zero-order chi connectivity index (χ0) is 43.6. The van der Waals surface area contributed by atoms with Crippen LogP contribution in [0.1, 0.15) is 252 Å². The number of hydrogen-bond acceptors (Lipinski definition) is 8. The third-order valence-electron chi connectivity index (χ3n) is 12.0. The third-order valence-corrected chi connectivity index (χ3v) is 12.0. The molecule has 0 aliphatic heterocycles. The molecule has 1 atom stereocenters. The Morgan fingerprint density at radius 3 is 1.42 bits per heavy atom. The molecule has 1 aromatic heterocycles. The lowest BCUT2D eigenvalue weighted by atomic mass is 10.0.